The topological polar surface area (TPSA) is 75.4 Å². The summed E-state index contributed by atoms with van der Waals surface area (Å²) < 4.78 is 22.4. The van der Waals surface area contributed by atoms with Crippen LogP contribution in [0.5, 0.6) is 0 Å². The lowest BCUT2D eigenvalue weighted by atomic mass is 10.0. The van der Waals surface area contributed by atoms with Crippen LogP contribution in [-0.4, -0.2) is 34.6 Å². The molecule has 0 aromatic heterocycles. The van der Waals surface area contributed by atoms with E-state index in [9.17, 15) is 8.42 Å². The molecule has 1 atom stereocenters. The maximum Gasteiger partial charge on any atom is 0.238 e. The molecular formula is C13H21N3O2S. The second kappa shape index (κ2) is 5.90. The summed E-state index contributed by atoms with van der Waals surface area (Å²) in [5.74, 6) is 0. The van der Waals surface area contributed by atoms with E-state index >= 15 is 0 Å². The molecule has 1 aliphatic heterocycles. The third-order valence-corrected chi connectivity index (χ3v) is 4.44. The quantitative estimate of drug-likeness (QED) is 0.861. The predicted octanol–water partition coefficient (Wildman–Crippen LogP) is 0.912. The minimum Gasteiger partial charge on any atom is -0.373 e. The highest BCUT2D eigenvalue weighted by Crippen LogP contribution is 2.17. The number of rotatable bonds is 4. The molecule has 5 nitrogen and oxygen atoms in total. The lowest BCUT2D eigenvalue weighted by Gasteiger charge is -2.29. The molecule has 1 heterocycles. The van der Waals surface area contributed by atoms with Gasteiger partial charge in [-0.25, -0.2) is 13.6 Å². The lowest BCUT2D eigenvalue weighted by molar-refractivity contribution is 0.403. The number of hydrogen-bond acceptors (Lipinski definition) is 4. The van der Waals surface area contributed by atoms with Crippen molar-refractivity contribution in [1.82, 2.24) is 5.32 Å². The monoisotopic (exact) mass is 283 g/mol. The van der Waals surface area contributed by atoms with Crippen molar-refractivity contribution < 1.29 is 8.42 Å². The van der Waals surface area contributed by atoms with E-state index < -0.39 is 10.0 Å². The second-order valence-electron chi connectivity index (χ2n) is 5.07. The molecule has 106 valence electrons. The van der Waals surface area contributed by atoms with Gasteiger partial charge >= 0.3 is 0 Å². The van der Waals surface area contributed by atoms with Gasteiger partial charge in [0.05, 0.1) is 4.90 Å². The molecule has 1 fully saturated rings. The highest BCUT2D eigenvalue weighted by molar-refractivity contribution is 7.89. The van der Waals surface area contributed by atoms with Gasteiger partial charge in [-0.05, 0) is 43.7 Å². The molecule has 0 aliphatic carbocycles. The average molecular weight is 283 g/mol. The maximum absolute atomic E-state index is 11.2. The zero-order valence-corrected chi connectivity index (χ0v) is 12.0. The molecule has 1 aromatic carbocycles. The molecule has 3 N–H and O–H groups in total. The van der Waals surface area contributed by atoms with Gasteiger partial charge in [0.15, 0.2) is 0 Å². The summed E-state index contributed by atoms with van der Waals surface area (Å²) >= 11 is 0. The number of anilines is 1. The van der Waals surface area contributed by atoms with E-state index in [1.165, 1.54) is 19.3 Å². The van der Waals surface area contributed by atoms with E-state index in [4.69, 9.17) is 5.14 Å². The molecule has 19 heavy (non-hydrogen) atoms. The molecule has 0 spiro atoms. The Labute approximate surface area is 114 Å². The fourth-order valence-electron chi connectivity index (χ4n) is 2.41. The van der Waals surface area contributed by atoms with E-state index in [0.29, 0.717) is 6.04 Å². The maximum atomic E-state index is 11.2. The van der Waals surface area contributed by atoms with Crippen molar-refractivity contribution in [2.45, 2.75) is 30.2 Å². The Hall–Kier alpha value is -1.11. The molecule has 0 amide bonds. The van der Waals surface area contributed by atoms with E-state index in [-0.39, 0.29) is 4.90 Å². The first-order chi connectivity index (χ1) is 8.97. The Morgan fingerprint density at radius 2 is 2.00 bits per heavy atom. The Balaban J connectivity index is 2.01. The Kier molecular flexibility index (Phi) is 4.44. The van der Waals surface area contributed by atoms with Gasteiger partial charge in [0.1, 0.15) is 0 Å². The van der Waals surface area contributed by atoms with E-state index in [0.717, 1.165) is 18.8 Å². The molecular weight excluding hydrogens is 262 g/mol. The normalized spacial score (nSPS) is 20.2. The summed E-state index contributed by atoms with van der Waals surface area (Å²) in [6.45, 7) is 2.01. The third kappa shape index (κ3) is 3.92. The number of likely N-dealkylation sites (N-methyl/N-ethyl adjacent to an activating group) is 1. The van der Waals surface area contributed by atoms with Gasteiger partial charge in [0.25, 0.3) is 0 Å². The van der Waals surface area contributed by atoms with Crippen molar-refractivity contribution in [2.75, 3.05) is 25.0 Å². The van der Waals surface area contributed by atoms with Crippen molar-refractivity contribution in [3.8, 4) is 0 Å². The molecule has 2 rings (SSSR count). The van der Waals surface area contributed by atoms with Crippen molar-refractivity contribution in [1.29, 1.82) is 0 Å². The largest absolute Gasteiger partial charge is 0.373 e. The third-order valence-electron chi connectivity index (χ3n) is 3.51. The molecule has 6 heteroatoms. The van der Waals surface area contributed by atoms with Crippen LogP contribution in [0.2, 0.25) is 0 Å². The summed E-state index contributed by atoms with van der Waals surface area (Å²) in [5.41, 5.74) is 1.000. The van der Waals surface area contributed by atoms with Crippen molar-refractivity contribution in [3.63, 3.8) is 0 Å². The summed E-state index contributed by atoms with van der Waals surface area (Å²) in [4.78, 5) is 2.29. The van der Waals surface area contributed by atoms with Gasteiger partial charge < -0.3 is 10.2 Å². The number of nitrogens with zero attached hydrogens (tertiary/aromatic N) is 1. The molecule has 0 saturated carbocycles. The van der Waals surface area contributed by atoms with Crippen LogP contribution in [0.25, 0.3) is 0 Å². The fraction of sp³-hybridized carbons (Fsp3) is 0.538. The molecule has 0 bridgehead atoms. The highest BCUT2D eigenvalue weighted by atomic mass is 32.2. The van der Waals surface area contributed by atoms with Crippen LogP contribution in [0, 0.1) is 0 Å². The standard InChI is InChI=1S/C13H21N3O2S/c1-16(10-11-4-2-3-9-15-11)12-5-7-13(8-6-12)19(14,17)18/h5-8,11,15H,2-4,9-10H2,1H3,(H2,14,17,18). The second-order valence-corrected chi connectivity index (χ2v) is 6.63. The van der Waals surface area contributed by atoms with Crippen LogP contribution in [0.4, 0.5) is 5.69 Å². The van der Waals surface area contributed by atoms with Crippen LogP contribution >= 0.6 is 0 Å². The summed E-state index contributed by atoms with van der Waals surface area (Å²) in [7, 11) is -1.59. The zero-order valence-electron chi connectivity index (χ0n) is 11.2. The van der Waals surface area contributed by atoms with Gasteiger partial charge in [-0.3, -0.25) is 0 Å². The highest BCUT2D eigenvalue weighted by Gasteiger charge is 2.15. The number of hydrogen-bond donors (Lipinski definition) is 2. The number of nitrogens with two attached hydrogens (primary N) is 1. The Morgan fingerprint density at radius 1 is 1.32 bits per heavy atom. The summed E-state index contributed by atoms with van der Waals surface area (Å²) in [6, 6.07) is 7.20. The van der Waals surface area contributed by atoms with E-state index in [1.54, 1.807) is 24.3 Å². The number of nitrogens with one attached hydrogen (secondary N) is 1. The SMILES string of the molecule is CN(CC1CCCCN1)c1ccc(S(N)(=O)=O)cc1. The molecule has 1 aromatic rings. The first-order valence-electron chi connectivity index (χ1n) is 6.54. The number of primary sulfonamides is 1. The molecule has 1 aliphatic rings. The molecule has 1 unspecified atom stereocenters. The molecule has 0 radical (unpaired) electrons. The summed E-state index contributed by atoms with van der Waals surface area (Å²) in [5, 5.41) is 8.58. The number of sulfonamides is 1. The number of benzene rings is 1. The summed E-state index contributed by atoms with van der Waals surface area (Å²) in [6.07, 6.45) is 3.72. The first-order valence-corrected chi connectivity index (χ1v) is 8.09. The van der Waals surface area contributed by atoms with Gasteiger partial charge in [-0.2, -0.15) is 0 Å². The number of piperidine rings is 1. The van der Waals surface area contributed by atoms with Crippen LogP contribution in [0.3, 0.4) is 0 Å². The van der Waals surface area contributed by atoms with Crippen LogP contribution in [0.1, 0.15) is 19.3 Å². The van der Waals surface area contributed by atoms with E-state index in [2.05, 4.69) is 10.2 Å². The minimum atomic E-state index is -3.60. The average Bonchev–Trinajstić information content (AvgIpc) is 2.39. The Morgan fingerprint density at radius 3 is 2.53 bits per heavy atom. The van der Waals surface area contributed by atoms with Gasteiger partial charge in [0.2, 0.25) is 10.0 Å². The smallest absolute Gasteiger partial charge is 0.238 e. The predicted molar refractivity (Wildman–Crippen MR) is 76.7 cm³/mol. The fourth-order valence-corrected chi connectivity index (χ4v) is 2.92. The van der Waals surface area contributed by atoms with Gasteiger partial charge in [-0.1, -0.05) is 6.42 Å². The van der Waals surface area contributed by atoms with Crippen molar-refractivity contribution in [2.24, 2.45) is 5.14 Å². The van der Waals surface area contributed by atoms with Crippen LogP contribution < -0.4 is 15.4 Å². The minimum absolute atomic E-state index is 0.153. The van der Waals surface area contributed by atoms with Crippen molar-refractivity contribution >= 4 is 15.7 Å². The molecule has 1 saturated heterocycles. The van der Waals surface area contributed by atoms with Crippen LogP contribution in [0.15, 0.2) is 29.2 Å². The zero-order chi connectivity index (χ0) is 13.9. The first kappa shape index (κ1) is 14.3. The van der Waals surface area contributed by atoms with Gasteiger partial charge in [-0.15, -0.1) is 0 Å². The van der Waals surface area contributed by atoms with E-state index in [1.807, 2.05) is 7.05 Å². The van der Waals surface area contributed by atoms with Crippen LogP contribution in [-0.2, 0) is 10.0 Å². The lowest BCUT2D eigenvalue weighted by Crippen LogP contribution is -2.42. The van der Waals surface area contributed by atoms with Crippen molar-refractivity contribution in [3.05, 3.63) is 24.3 Å². The Bertz CT molecular complexity index is 507. The van der Waals surface area contributed by atoms with Gasteiger partial charge in [0, 0.05) is 25.3 Å².